The molecule has 20 heavy (non-hydrogen) atoms. The average molecular weight is 300 g/mol. The molecule has 1 rings (SSSR count). The van der Waals surface area contributed by atoms with Gasteiger partial charge >= 0.3 is 0 Å². The maximum atomic E-state index is 12.4. The number of hydrogen-bond donors (Lipinski definition) is 1. The van der Waals surface area contributed by atoms with E-state index >= 15 is 0 Å². The highest BCUT2D eigenvalue weighted by atomic mass is 32.2. The predicted molar refractivity (Wildman–Crippen MR) is 76.9 cm³/mol. The summed E-state index contributed by atoms with van der Waals surface area (Å²) in [6.07, 6.45) is 0. The van der Waals surface area contributed by atoms with Crippen LogP contribution in [0.5, 0.6) is 0 Å². The minimum atomic E-state index is -3.92. The molecule has 0 unspecified atom stereocenters. The van der Waals surface area contributed by atoms with Gasteiger partial charge in [-0.3, -0.25) is 10.1 Å². The molecule has 0 aliphatic carbocycles. The van der Waals surface area contributed by atoms with E-state index in [-0.39, 0.29) is 22.8 Å². The Labute approximate surface area is 119 Å². The molecule has 1 aromatic carbocycles. The second-order valence-electron chi connectivity index (χ2n) is 5.36. The summed E-state index contributed by atoms with van der Waals surface area (Å²) in [5.41, 5.74) is -0.411. The molecule has 0 atom stereocenters. The lowest BCUT2D eigenvalue weighted by atomic mass is 9.94. The van der Waals surface area contributed by atoms with Crippen LogP contribution >= 0.6 is 0 Å². The predicted octanol–water partition coefficient (Wildman–Crippen LogP) is 2.55. The van der Waals surface area contributed by atoms with E-state index in [1.165, 1.54) is 24.3 Å². The third-order valence-corrected chi connectivity index (χ3v) is 4.59. The molecule has 0 fully saturated rings. The Balaban J connectivity index is 3.21. The molecule has 1 aromatic rings. The van der Waals surface area contributed by atoms with Crippen molar-refractivity contribution in [3.8, 4) is 0 Å². The summed E-state index contributed by atoms with van der Waals surface area (Å²) >= 11 is 0. The first-order valence-electron chi connectivity index (χ1n) is 6.42. The van der Waals surface area contributed by atoms with Crippen molar-refractivity contribution in [2.75, 3.05) is 0 Å². The minimum absolute atomic E-state index is 0.0903. The third-order valence-electron chi connectivity index (χ3n) is 3.08. The molecular weight excluding hydrogens is 280 g/mol. The largest absolute Gasteiger partial charge is 0.289 e. The van der Waals surface area contributed by atoms with Gasteiger partial charge in [0.1, 0.15) is 0 Å². The average Bonchev–Trinajstić information content (AvgIpc) is 2.35. The van der Waals surface area contributed by atoms with Gasteiger partial charge in [0.05, 0.1) is 4.92 Å². The fraction of sp³-hybridized carbons (Fsp3) is 0.538. The second kappa shape index (κ2) is 6.32. The Morgan fingerprint density at radius 3 is 2.05 bits per heavy atom. The molecule has 112 valence electrons. The molecule has 0 amide bonds. The SMILES string of the molecule is CC(C)C(NS(=O)(=O)c1ccccc1[N+](=O)[O-])C(C)C. The van der Waals surface area contributed by atoms with Crippen molar-refractivity contribution >= 4 is 15.7 Å². The number of nitro benzene ring substituents is 1. The van der Waals surface area contributed by atoms with Gasteiger partial charge in [-0.25, -0.2) is 13.1 Å². The number of para-hydroxylation sites is 1. The Hall–Kier alpha value is -1.47. The first kappa shape index (κ1) is 16.6. The molecule has 0 radical (unpaired) electrons. The van der Waals surface area contributed by atoms with Crippen molar-refractivity contribution in [2.24, 2.45) is 11.8 Å². The van der Waals surface area contributed by atoms with Crippen molar-refractivity contribution in [2.45, 2.75) is 38.6 Å². The fourth-order valence-electron chi connectivity index (χ4n) is 2.12. The van der Waals surface area contributed by atoms with Crippen LogP contribution in [0.25, 0.3) is 0 Å². The van der Waals surface area contributed by atoms with Crippen LogP contribution < -0.4 is 4.72 Å². The van der Waals surface area contributed by atoms with Gasteiger partial charge in [-0.1, -0.05) is 39.8 Å². The van der Waals surface area contributed by atoms with Crippen LogP contribution in [0.4, 0.5) is 5.69 Å². The zero-order valence-electron chi connectivity index (χ0n) is 12.0. The van der Waals surface area contributed by atoms with Crippen molar-refractivity contribution in [3.05, 3.63) is 34.4 Å². The zero-order valence-corrected chi connectivity index (χ0v) is 12.8. The Morgan fingerprint density at radius 1 is 1.10 bits per heavy atom. The number of hydrogen-bond acceptors (Lipinski definition) is 4. The molecule has 0 saturated heterocycles. The summed E-state index contributed by atoms with van der Waals surface area (Å²) in [4.78, 5) is 9.95. The highest BCUT2D eigenvalue weighted by Gasteiger charge is 2.29. The molecule has 0 spiro atoms. The molecule has 0 aliphatic heterocycles. The summed E-state index contributed by atoms with van der Waals surface area (Å²) in [6, 6.07) is 5.08. The molecular formula is C13H20N2O4S. The molecule has 1 N–H and O–H groups in total. The van der Waals surface area contributed by atoms with Gasteiger partial charge in [-0.15, -0.1) is 0 Å². The van der Waals surface area contributed by atoms with Crippen LogP contribution in [0.1, 0.15) is 27.7 Å². The van der Waals surface area contributed by atoms with Crippen LogP contribution in [0.3, 0.4) is 0 Å². The van der Waals surface area contributed by atoms with E-state index in [2.05, 4.69) is 4.72 Å². The van der Waals surface area contributed by atoms with E-state index in [0.717, 1.165) is 0 Å². The van der Waals surface area contributed by atoms with Crippen LogP contribution in [-0.4, -0.2) is 19.4 Å². The van der Waals surface area contributed by atoms with E-state index in [1.807, 2.05) is 27.7 Å². The molecule has 0 saturated carbocycles. The van der Waals surface area contributed by atoms with Crippen LogP contribution in [0.2, 0.25) is 0 Å². The monoisotopic (exact) mass is 300 g/mol. The zero-order chi connectivity index (χ0) is 15.5. The summed E-state index contributed by atoms with van der Waals surface area (Å²) in [5.74, 6) is 0.181. The summed E-state index contributed by atoms with van der Waals surface area (Å²) in [6.45, 7) is 7.64. The number of nitrogens with zero attached hydrogens (tertiary/aromatic N) is 1. The Bertz CT molecular complexity index is 574. The lowest BCUT2D eigenvalue weighted by molar-refractivity contribution is -0.387. The quantitative estimate of drug-likeness (QED) is 0.646. The van der Waals surface area contributed by atoms with Gasteiger partial charge in [0.2, 0.25) is 10.0 Å². The van der Waals surface area contributed by atoms with E-state index < -0.39 is 20.6 Å². The van der Waals surface area contributed by atoms with E-state index in [0.29, 0.717) is 0 Å². The highest BCUT2D eigenvalue weighted by molar-refractivity contribution is 7.89. The number of rotatable bonds is 6. The van der Waals surface area contributed by atoms with Crippen LogP contribution in [-0.2, 0) is 10.0 Å². The number of nitro groups is 1. The van der Waals surface area contributed by atoms with E-state index in [1.54, 1.807) is 0 Å². The van der Waals surface area contributed by atoms with Crippen molar-refractivity contribution in [3.63, 3.8) is 0 Å². The number of benzene rings is 1. The minimum Gasteiger partial charge on any atom is -0.258 e. The first-order chi connectivity index (χ1) is 9.16. The van der Waals surface area contributed by atoms with Gasteiger partial charge in [-0.2, -0.15) is 0 Å². The lowest BCUT2D eigenvalue weighted by Gasteiger charge is -2.25. The topological polar surface area (TPSA) is 89.3 Å². The van der Waals surface area contributed by atoms with Crippen LogP contribution in [0, 0.1) is 22.0 Å². The third kappa shape index (κ3) is 3.77. The van der Waals surface area contributed by atoms with Crippen molar-refractivity contribution in [1.82, 2.24) is 4.72 Å². The molecule has 0 bridgehead atoms. The number of nitrogens with one attached hydrogen (secondary N) is 1. The maximum Gasteiger partial charge on any atom is 0.289 e. The van der Waals surface area contributed by atoms with Gasteiger partial charge < -0.3 is 0 Å². The lowest BCUT2D eigenvalue weighted by Crippen LogP contribution is -2.42. The molecule has 6 nitrogen and oxygen atoms in total. The smallest absolute Gasteiger partial charge is 0.258 e. The molecule has 7 heteroatoms. The summed E-state index contributed by atoms with van der Waals surface area (Å²) in [7, 11) is -3.92. The normalized spacial score (nSPS) is 12.3. The van der Waals surface area contributed by atoms with Gasteiger partial charge in [0.25, 0.3) is 5.69 Å². The van der Waals surface area contributed by atoms with Gasteiger partial charge in [0, 0.05) is 12.1 Å². The Kier molecular flexibility index (Phi) is 5.24. The van der Waals surface area contributed by atoms with Crippen molar-refractivity contribution in [1.29, 1.82) is 0 Å². The standard InChI is InChI=1S/C13H20N2O4S/c1-9(2)13(10(3)4)14-20(18,19)12-8-6-5-7-11(12)15(16)17/h5-10,13-14H,1-4H3. The maximum absolute atomic E-state index is 12.4. The summed E-state index contributed by atoms with van der Waals surface area (Å²) in [5, 5.41) is 10.9. The summed E-state index contributed by atoms with van der Waals surface area (Å²) < 4.78 is 27.3. The van der Waals surface area contributed by atoms with Crippen LogP contribution in [0.15, 0.2) is 29.2 Å². The first-order valence-corrected chi connectivity index (χ1v) is 7.91. The van der Waals surface area contributed by atoms with E-state index in [9.17, 15) is 18.5 Å². The molecule has 0 aliphatic rings. The highest BCUT2D eigenvalue weighted by Crippen LogP contribution is 2.24. The molecule has 0 aromatic heterocycles. The number of sulfonamides is 1. The van der Waals surface area contributed by atoms with Crippen molar-refractivity contribution < 1.29 is 13.3 Å². The van der Waals surface area contributed by atoms with Gasteiger partial charge in [-0.05, 0) is 17.9 Å². The molecule has 0 heterocycles. The van der Waals surface area contributed by atoms with Gasteiger partial charge in [0.15, 0.2) is 4.90 Å². The fourth-order valence-corrected chi connectivity index (χ4v) is 3.83. The van der Waals surface area contributed by atoms with E-state index in [4.69, 9.17) is 0 Å². The Morgan fingerprint density at radius 2 is 1.60 bits per heavy atom. The second-order valence-corrected chi connectivity index (χ2v) is 7.04.